The molecule has 7 amide bonds. The van der Waals surface area contributed by atoms with Gasteiger partial charge in [0.15, 0.2) is 0 Å². The van der Waals surface area contributed by atoms with Gasteiger partial charge in [0.1, 0.15) is 18.1 Å². The molecule has 7 N–H and O–H groups in total. The van der Waals surface area contributed by atoms with Crippen molar-refractivity contribution >= 4 is 41.4 Å². The van der Waals surface area contributed by atoms with Crippen LogP contribution in [0.15, 0.2) is 12.2 Å². The zero-order chi connectivity index (χ0) is 34.6. The van der Waals surface area contributed by atoms with Gasteiger partial charge in [0.25, 0.3) is 11.8 Å². The van der Waals surface area contributed by atoms with Crippen LogP contribution in [0, 0.1) is 5.92 Å². The van der Waals surface area contributed by atoms with Crippen LogP contribution in [0.25, 0.3) is 0 Å². The Morgan fingerprint density at radius 1 is 0.761 bits per heavy atom. The van der Waals surface area contributed by atoms with Gasteiger partial charge in [-0.3, -0.25) is 38.5 Å². The monoisotopic (exact) mass is 652 g/mol. The fourth-order valence-electron chi connectivity index (χ4n) is 4.59. The highest BCUT2D eigenvalue weighted by atomic mass is 16.3. The fraction of sp³-hybridized carbons (Fsp3) is 0.710. The number of amides is 7. The van der Waals surface area contributed by atoms with Crippen molar-refractivity contribution in [2.75, 3.05) is 26.2 Å². The summed E-state index contributed by atoms with van der Waals surface area (Å²) in [6.45, 7) is 7.36. The summed E-state index contributed by atoms with van der Waals surface area (Å²) < 4.78 is 0. The quantitative estimate of drug-likeness (QED) is 0.0539. The van der Waals surface area contributed by atoms with Gasteiger partial charge in [-0.25, -0.2) is 0 Å². The number of aliphatic hydroxyl groups is 2. The minimum absolute atomic E-state index is 0.0411. The van der Waals surface area contributed by atoms with Crippen LogP contribution in [0.1, 0.15) is 85.5 Å². The Morgan fingerprint density at radius 3 is 2.04 bits per heavy atom. The number of nitrogens with one attached hydrogen (secondary N) is 5. The van der Waals surface area contributed by atoms with Gasteiger partial charge in [0.05, 0.1) is 12.7 Å². The van der Waals surface area contributed by atoms with Crippen LogP contribution in [0.3, 0.4) is 0 Å². The van der Waals surface area contributed by atoms with Gasteiger partial charge in [-0.1, -0.05) is 20.3 Å². The molecule has 0 saturated heterocycles. The third-order valence-corrected chi connectivity index (χ3v) is 7.34. The number of aliphatic hydroxyl groups excluding tert-OH is 2. The molecule has 1 aliphatic heterocycles. The van der Waals surface area contributed by atoms with E-state index in [0.29, 0.717) is 51.6 Å². The molecule has 0 fully saturated rings. The van der Waals surface area contributed by atoms with Crippen LogP contribution in [-0.4, -0.2) is 107 Å². The van der Waals surface area contributed by atoms with Gasteiger partial charge >= 0.3 is 0 Å². The number of unbranched alkanes of at least 4 members (excludes halogenated alkanes) is 3. The largest absolute Gasteiger partial charge is 0.394 e. The predicted octanol–water partition coefficient (Wildman–Crippen LogP) is -0.842. The molecule has 15 nitrogen and oxygen atoms in total. The number of imide groups is 1. The SMILES string of the molecule is CCNC(=O)[C@H](C)NC(=O)[C@@H](NC(=O)[C@H](CCC(=O)NCCCC[C@H](O)CO)NC(=O)CCCCCN1C(=O)C=CC1=O)C(C)C. The zero-order valence-corrected chi connectivity index (χ0v) is 27.4. The molecule has 0 aliphatic carbocycles. The van der Waals surface area contributed by atoms with E-state index in [4.69, 9.17) is 5.11 Å². The van der Waals surface area contributed by atoms with Crippen molar-refractivity contribution in [1.82, 2.24) is 31.5 Å². The van der Waals surface area contributed by atoms with E-state index in [2.05, 4.69) is 26.6 Å². The molecule has 1 rings (SSSR count). The van der Waals surface area contributed by atoms with E-state index in [-0.39, 0.29) is 62.0 Å². The maximum atomic E-state index is 13.4. The summed E-state index contributed by atoms with van der Waals surface area (Å²) in [6.07, 6.45) is 4.64. The van der Waals surface area contributed by atoms with Crippen molar-refractivity contribution in [2.24, 2.45) is 5.92 Å². The van der Waals surface area contributed by atoms with Gasteiger partial charge < -0.3 is 36.8 Å². The van der Waals surface area contributed by atoms with Gasteiger partial charge in [-0.05, 0) is 58.3 Å². The summed E-state index contributed by atoms with van der Waals surface area (Å²) in [5, 5.41) is 31.6. The molecule has 0 aromatic heterocycles. The van der Waals surface area contributed by atoms with E-state index < -0.39 is 42.0 Å². The molecule has 0 bridgehead atoms. The second kappa shape index (κ2) is 21.8. The Labute approximate surface area is 270 Å². The Bertz CT molecular complexity index is 1060. The third-order valence-electron chi connectivity index (χ3n) is 7.34. The predicted molar refractivity (Wildman–Crippen MR) is 169 cm³/mol. The zero-order valence-electron chi connectivity index (χ0n) is 27.4. The third kappa shape index (κ3) is 15.4. The second-order valence-electron chi connectivity index (χ2n) is 11.7. The minimum atomic E-state index is -1.13. The van der Waals surface area contributed by atoms with Crippen molar-refractivity contribution in [2.45, 2.75) is 110 Å². The molecule has 0 aromatic rings. The van der Waals surface area contributed by atoms with Crippen molar-refractivity contribution in [1.29, 1.82) is 0 Å². The first-order valence-electron chi connectivity index (χ1n) is 16.1. The van der Waals surface area contributed by atoms with Gasteiger partial charge in [-0.2, -0.15) is 0 Å². The number of likely N-dealkylation sites (N-methyl/N-ethyl adjacent to an activating group) is 1. The van der Waals surface area contributed by atoms with Crippen molar-refractivity contribution < 1.29 is 43.8 Å². The molecule has 46 heavy (non-hydrogen) atoms. The lowest BCUT2D eigenvalue weighted by Crippen LogP contribution is -2.57. The Kier molecular flexibility index (Phi) is 19.0. The summed E-state index contributed by atoms with van der Waals surface area (Å²) in [7, 11) is 0. The average Bonchev–Trinajstić information content (AvgIpc) is 3.33. The molecule has 0 saturated carbocycles. The number of rotatable bonds is 23. The van der Waals surface area contributed by atoms with Crippen molar-refractivity contribution in [3.05, 3.63) is 12.2 Å². The van der Waals surface area contributed by atoms with Gasteiger partial charge in [0.2, 0.25) is 29.5 Å². The molecular weight excluding hydrogens is 600 g/mol. The van der Waals surface area contributed by atoms with E-state index in [1.807, 2.05) is 0 Å². The highest BCUT2D eigenvalue weighted by Gasteiger charge is 2.30. The molecule has 260 valence electrons. The van der Waals surface area contributed by atoms with E-state index in [1.165, 1.54) is 19.1 Å². The van der Waals surface area contributed by atoms with Crippen LogP contribution < -0.4 is 26.6 Å². The first-order valence-corrected chi connectivity index (χ1v) is 16.1. The number of nitrogens with zero attached hydrogens (tertiary/aromatic N) is 1. The molecular formula is C31H52N6O9. The number of hydrogen-bond acceptors (Lipinski definition) is 9. The maximum Gasteiger partial charge on any atom is 0.253 e. The Balaban J connectivity index is 2.77. The Hall–Kier alpha value is -3.85. The topological polar surface area (TPSA) is 223 Å². The molecule has 0 radical (unpaired) electrons. The van der Waals surface area contributed by atoms with Crippen LogP contribution >= 0.6 is 0 Å². The fourth-order valence-corrected chi connectivity index (χ4v) is 4.59. The number of carbonyl (C=O) groups is 7. The lowest BCUT2D eigenvalue weighted by molar-refractivity contribution is -0.137. The van der Waals surface area contributed by atoms with Crippen LogP contribution in [0.4, 0.5) is 0 Å². The lowest BCUT2D eigenvalue weighted by Gasteiger charge is -2.26. The van der Waals surface area contributed by atoms with E-state index in [0.717, 1.165) is 4.90 Å². The summed E-state index contributed by atoms with van der Waals surface area (Å²) in [6, 6.07) is -2.98. The number of hydrogen-bond donors (Lipinski definition) is 7. The summed E-state index contributed by atoms with van der Waals surface area (Å²) in [5.41, 5.74) is 0. The first kappa shape index (κ1) is 40.2. The standard InChI is InChI=1S/C31H52N6O9/c1-5-32-29(44)21(4)34-31(46)28(20(2)3)36-30(45)23(13-14-24(40)33-17-9-8-11-22(39)19-38)35-25(41)12-7-6-10-18-37-26(42)15-16-27(37)43/h15-16,20-23,28,38-39H,5-14,17-19H2,1-4H3,(H,32,44)(H,33,40)(H,34,46)(H,35,41)(H,36,45)/t21-,22-,23-,28-/m0/s1. The lowest BCUT2D eigenvalue weighted by atomic mass is 10.0. The molecule has 15 heteroatoms. The van der Waals surface area contributed by atoms with Crippen molar-refractivity contribution in [3.63, 3.8) is 0 Å². The Morgan fingerprint density at radius 2 is 1.43 bits per heavy atom. The molecule has 0 aromatic carbocycles. The summed E-state index contributed by atoms with van der Waals surface area (Å²) >= 11 is 0. The van der Waals surface area contributed by atoms with Crippen LogP contribution in [-0.2, 0) is 33.6 Å². The second-order valence-corrected chi connectivity index (χ2v) is 11.7. The molecule has 1 heterocycles. The molecule has 1 aliphatic rings. The average molecular weight is 653 g/mol. The van der Waals surface area contributed by atoms with Gasteiger partial charge in [-0.15, -0.1) is 0 Å². The minimum Gasteiger partial charge on any atom is -0.394 e. The van der Waals surface area contributed by atoms with Crippen LogP contribution in [0.5, 0.6) is 0 Å². The highest BCUT2D eigenvalue weighted by Crippen LogP contribution is 2.10. The maximum absolute atomic E-state index is 13.4. The normalized spacial score (nSPS) is 15.2. The van der Waals surface area contributed by atoms with Gasteiger partial charge in [0, 0.05) is 44.6 Å². The van der Waals surface area contributed by atoms with E-state index in [1.54, 1.807) is 20.8 Å². The summed E-state index contributed by atoms with van der Waals surface area (Å²) in [5.74, 6) is -3.47. The molecule has 0 spiro atoms. The number of carbonyl (C=O) groups excluding carboxylic acids is 7. The summed E-state index contributed by atoms with van der Waals surface area (Å²) in [4.78, 5) is 88.2. The van der Waals surface area contributed by atoms with Crippen LogP contribution in [0.2, 0.25) is 0 Å². The smallest absolute Gasteiger partial charge is 0.253 e. The van der Waals surface area contributed by atoms with E-state index >= 15 is 0 Å². The van der Waals surface area contributed by atoms with Crippen molar-refractivity contribution in [3.8, 4) is 0 Å². The highest BCUT2D eigenvalue weighted by molar-refractivity contribution is 6.12. The molecule has 0 unspecified atom stereocenters. The molecule has 4 atom stereocenters. The first-order chi connectivity index (χ1) is 21.8. The van der Waals surface area contributed by atoms with E-state index in [9.17, 15) is 38.7 Å².